The van der Waals surface area contributed by atoms with Gasteiger partial charge in [0.05, 0.1) is 18.7 Å². The molecule has 1 aliphatic heterocycles. The number of methoxy groups -OCH3 is 1. The van der Waals surface area contributed by atoms with E-state index < -0.39 is 0 Å². The van der Waals surface area contributed by atoms with E-state index in [2.05, 4.69) is 16.0 Å². The summed E-state index contributed by atoms with van der Waals surface area (Å²) in [5, 5.41) is 8.80. The summed E-state index contributed by atoms with van der Waals surface area (Å²) in [6.45, 7) is 3.13. The maximum Gasteiger partial charge on any atom is 0.228 e. The lowest BCUT2D eigenvalue weighted by Crippen LogP contribution is -2.37. The molecule has 0 radical (unpaired) electrons. The minimum atomic E-state index is -0.168. The summed E-state index contributed by atoms with van der Waals surface area (Å²) in [5.41, 5.74) is 1.25. The monoisotopic (exact) mass is 291 g/mol. The van der Waals surface area contributed by atoms with Crippen molar-refractivity contribution in [1.82, 2.24) is 5.32 Å². The highest BCUT2D eigenvalue weighted by molar-refractivity contribution is 5.94. The van der Waals surface area contributed by atoms with Crippen LogP contribution in [0.5, 0.6) is 5.75 Å². The lowest BCUT2D eigenvalue weighted by Gasteiger charge is -2.22. The third-order valence-electron chi connectivity index (χ3n) is 3.45. The third-order valence-corrected chi connectivity index (χ3v) is 3.45. The summed E-state index contributed by atoms with van der Waals surface area (Å²) >= 11 is 0. The Bertz CT molecular complexity index is 525. The van der Waals surface area contributed by atoms with E-state index in [0.717, 1.165) is 19.4 Å². The molecular formula is C15H21N3O3. The molecule has 114 valence electrons. The van der Waals surface area contributed by atoms with Crippen LogP contribution in [0.4, 0.5) is 11.4 Å². The summed E-state index contributed by atoms with van der Waals surface area (Å²) in [6.07, 6.45) is 1.92. The van der Waals surface area contributed by atoms with E-state index >= 15 is 0 Å². The van der Waals surface area contributed by atoms with Gasteiger partial charge < -0.3 is 20.7 Å². The number of carbonyl (C=O) groups is 2. The Labute approximate surface area is 124 Å². The fraction of sp³-hybridized carbons (Fsp3) is 0.467. The summed E-state index contributed by atoms with van der Waals surface area (Å²) in [6, 6.07) is 5.18. The maximum atomic E-state index is 12.2. The Kier molecular flexibility index (Phi) is 5.16. The number of anilines is 2. The second-order valence-electron chi connectivity index (χ2n) is 5.13. The molecule has 6 nitrogen and oxygen atoms in total. The Morgan fingerprint density at radius 3 is 2.76 bits per heavy atom. The van der Waals surface area contributed by atoms with Crippen molar-refractivity contribution in [2.75, 3.05) is 30.8 Å². The molecule has 1 unspecified atom stereocenters. The van der Waals surface area contributed by atoms with Crippen molar-refractivity contribution in [3.05, 3.63) is 18.2 Å². The maximum absolute atomic E-state index is 12.2. The highest BCUT2D eigenvalue weighted by Crippen LogP contribution is 2.28. The first-order valence-electron chi connectivity index (χ1n) is 7.07. The highest BCUT2D eigenvalue weighted by Gasteiger charge is 2.21. The summed E-state index contributed by atoms with van der Waals surface area (Å²) in [4.78, 5) is 23.3. The van der Waals surface area contributed by atoms with Crippen LogP contribution in [0.2, 0.25) is 0 Å². The average molecular weight is 291 g/mol. The SMILES string of the molecule is COc1cc(NC(=O)C2CCCNC2)ccc1NC(C)=O. The molecule has 1 atom stereocenters. The Morgan fingerprint density at radius 2 is 2.14 bits per heavy atom. The zero-order valence-electron chi connectivity index (χ0n) is 12.4. The van der Waals surface area contributed by atoms with E-state index in [0.29, 0.717) is 23.7 Å². The number of rotatable bonds is 4. The van der Waals surface area contributed by atoms with Gasteiger partial charge in [0, 0.05) is 25.2 Å². The fourth-order valence-corrected chi connectivity index (χ4v) is 2.38. The van der Waals surface area contributed by atoms with Crippen LogP contribution in [0, 0.1) is 5.92 Å². The van der Waals surface area contributed by atoms with Gasteiger partial charge in [-0.25, -0.2) is 0 Å². The first-order valence-corrected chi connectivity index (χ1v) is 7.07. The van der Waals surface area contributed by atoms with Crippen molar-refractivity contribution in [1.29, 1.82) is 0 Å². The number of hydrogen-bond acceptors (Lipinski definition) is 4. The third kappa shape index (κ3) is 4.19. The number of nitrogens with one attached hydrogen (secondary N) is 3. The van der Waals surface area contributed by atoms with Gasteiger partial charge >= 0.3 is 0 Å². The largest absolute Gasteiger partial charge is 0.494 e. The minimum absolute atomic E-state index is 0.000217. The van der Waals surface area contributed by atoms with Gasteiger partial charge in [0.2, 0.25) is 11.8 Å². The molecule has 0 saturated carbocycles. The standard InChI is InChI=1S/C15H21N3O3/c1-10(19)17-13-6-5-12(8-14(13)21-2)18-15(20)11-4-3-7-16-9-11/h5-6,8,11,16H,3-4,7,9H2,1-2H3,(H,17,19)(H,18,20). The van der Waals surface area contributed by atoms with Crippen LogP contribution in [0.25, 0.3) is 0 Å². The highest BCUT2D eigenvalue weighted by atomic mass is 16.5. The van der Waals surface area contributed by atoms with Crippen LogP contribution >= 0.6 is 0 Å². The second-order valence-corrected chi connectivity index (χ2v) is 5.13. The zero-order chi connectivity index (χ0) is 15.2. The molecule has 1 aromatic rings. The molecule has 1 fully saturated rings. The van der Waals surface area contributed by atoms with Crippen LogP contribution in [0.15, 0.2) is 18.2 Å². The van der Waals surface area contributed by atoms with E-state index in [4.69, 9.17) is 4.74 Å². The van der Waals surface area contributed by atoms with Gasteiger partial charge in [-0.15, -0.1) is 0 Å². The Balaban J connectivity index is 2.06. The van der Waals surface area contributed by atoms with Gasteiger partial charge in [-0.3, -0.25) is 9.59 Å². The molecule has 6 heteroatoms. The van der Waals surface area contributed by atoms with Gasteiger partial charge in [0.1, 0.15) is 5.75 Å². The Morgan fingerprint density at radius 1 is 1.33 bits per heavy atom. The van der Waals surface area contributed by atoms with Crippen LogP contribution in [-0.4, -0.2) is 32.0 Å². The molecule has 1 heterocycles. The van der Waals surface area contributed by atoms with Crippen molar-refractivity contribution >= 4 is 23.2 Å². The fourth-order valence-electron chi connectivity index (χ4n) is 2.38. The predicted octanol–water partition coefficient (Wildman–Crippen LogP) is 1.59. The van der Waals surface area contributed by atoms with E-state index in [9.17, 15) is 9.59 Å². The lowest BCUT2D eigenvalue weighted by atomic mass is 9.99. The Hall–Kier alpha value is -2.08. The molecule has 1 aromatic carbocycles. The summed E-state index contributed by atoms with van der Waals surface area (Å²) < 4.78 is 5.24. The molecule has 1 aliphatic rings. The summed E-state index contributed by atoms with van der Waals surface area (Å²) in [5.74, 6) is 0.361. The quantitative estimate of drug-likeness (QED) is 0.787. The van der Waals surface area contributed by atoms with Gasteiger partial charge in [-0.1, -0.05) is 0 Å². The van der Waals surface area contributed by atoms with E-state index in [1.165, 1.54) is 14.0 Å². The average Bonchev–Trinajstić information content (AvgIpc) is 2.49. The molecule has 2 amide bonds. The van der Waals surface area contributed by atoms with Gasteiger partial charge in [-0.2, -0.15) is 0 Å². The van der Waals surface area contributed by atoms with Crippen LogP contribution in [0.3, 0.4) is 0 Å². The van der Waals surface area contributed by atoms with E-state index in [1.54, 1.807) is 18.2 Å². The first-order chi connectivity index (χ1) is 10.1. The first kappa shape index (κ1) is 15.3. The molecule has 0 spiro atoms. The molecule has 1 saturated heterocycles. The second kappa shape index (κ2) is 7.08. The zero-order valence-corrected chi connectivity index (χ0v) is 12.4. The predicted molar refractivity (Wildman–Crippen MR) is 81.5 cm³/mol. The number of amides is 2. The molecule has 0 aliphatic carbocycles. The normalized spacial score (nSPS) is 17.9. The van der Waals surface area contributed by atoms with Crippen molar-refractivity contribution in [2.24, 2.45) is 5.92 Å². The van der Waals surface area contributed by atoms with Crippen LogP contribution in [0.1, 0.15) is 19.8 Å². The van der Waals surface area contributed by atoms with Gasteiger partial charge in [0.25, 0.3) is 0 Å². The number of carbonyl (C=O) groups excluding carboxylic acids is 2. The lowest BCUT2D eigenvalue weighted by molar-refractivity contribution is -0.120. The number of benzene rings is 1. The van der Waals surface area contributed by atoms with Crippen molar-refractivity contribution in [3.8, 4) is 5.75 Å². The number of piperidine rings is 1. The van der Waals surface area contributed by atoms with Crippen molar-refractivity contribution < 1.29 is 14.3 Å². The molecule has 3 N–H and O–H groups in total. The van der Waals surface area contributed by atoms with Crippen LogP contribution in [-0.2, 0) is 9.59 Å². The topological polar surface area (TPSA) is 79.5 Å². The van der Waals surface area contributed by atoms with Gasteiger partial charge in [0.15, 0.2) is 0 Å². The molecular weight excluding hydrogens is 270 g/mol. The van der Waals surface area contributed by atoms with Crippen molar-refractivity contribution in [2.45, 2.75) is 19.8 Å². The van der Waals surface area contributed by atoms with Crippen molar-refractivity contribution in [3.63, 3.8) is 0 Å². The number of hydrogen-bond donors (Lipinski definition) is 3. The minimum Gasteiger partial charge on any atom is -0.494 e. The van der Waals surface area contributed by atoms with E-state index in [1.807, 2.05) is 0 Å². The van der Waals surface area contributed by atoms with Crippen LogP contribution < -0.4 is 20.7 Å². The molecule has 0 aromatic heterocycles. The smallest absolute Gasteiger partial charge is 0.228 e. The molecule has 0 bridgehead atoms. The molecule has 2 rings (SSSR count). The molecule has 21 heavy (non-hydrogen) atoms. The number of ether oxygens (including phenoxy) is 1. The summed E-state index contributed by atoms with van der Waals surface area (Å²) in [7, 11) is 1.53. The van der Waals surface area contributed by atoms with Gasteiger partial charge in [-0.05, 0) is 31.5 Å². The van der Waals surface area contributed by atoms with E-state index in [-0.39, 0.29) is 17.7 Å².